The highest BCUT2D eigenvalue weighted by Gasteiger charge is 2.19. The summed E-state index contributed by atoms with van der Waals surface area (Å²) in [5, 5.41) is 9.25. The van der Waals surface area contributed by atoms with Gasteiger partial charge < -0.3 is 19.2 Å². The van der Waals surface area contributed by atoms with Crippen LogP contribution in [0, 0.1) is 0 Å². The van der Waals surface area contributed by atoms with Crippen molar-refractivity contribution in [3.8, 4) is 5.75 Å². The minimum Gasteiger partial charge on any atom is -0.497 e. The van der Waals surface area contributed by atoms with Gasteiger partial charge in [-0.25, -0.2) is 4.79 Å². The number of carboxylic acids is 1. The van der Waals surface area contributed by atoms with Gasteiger partial charge in [0.1, 0.15) is 11.4 Å². The molecule has 5 nitrogen and oxygen atoms in total. The van der Waals surface area contributed by atoms with Crippen LogP contribution in [-0.2, 0) is 5.75 Å². The number of aromatic amines is 1. The van der Waals surface area contributed by atoms with Crippen LogP contribution in [0.3, 0.4) is 0 Å². The Labute approximate surface area is 124 Å². The van der Waals surface area contributed by atoms with Gasteiger partial charge in [-0.2, -0.15) is 0 Å². The molecule has 0 unspecified atom stereocenters. The molecule has 0 atom stereocenters. The zero-order chi connectivity index (χ0) is 14.8. The first kappa shape index (κ1) is 13.6. The van der Waals surface area contributed by atoms with Crippen molar-refractivity contribution in [2.24, 2.45) is 0 Å². The van der Waals surface area contributed by atoms with Crippen molar-refractivity contribution in [2.45, 2.75) is 10.6 Å². The molecule has 3 aromatic rings. The van der Waals surface area contributed by atoms with Crippen LogP contribution < -0.4 is 4.74 Å². The first-order chi connectivity index (χ1) is 10.2. The van der Waals surface area contributed by atoms with E-state index < -0.39 is 5.97 Å². The van der Waals surface area contributed by atoms with Gasteiger partial charge in [0, 0.05) is 11.8 Å². The number of aromatic nitrogens is 1. The second kappa shape index (κ2) is 5.57. The maximum absolute atomic E-state index is 11.3. The minimum absolute atomic E-state index is 0.169. The predicted octanol–water partition coefficient (Wildman–Crippen LogP) is 3.76. The third kappa shape index (κ3) is 2.62. The summed E-state index contributed by atoms with van der Waals surface area (Å²) in [5.74, 6) is 0.460. The van der Waals surface area contributed by atoms with Gasteiger partial charge in [-0.3, -0.25) is 0 Å². The fourth-order valence-electron chi connectivity index (χ4n) is 2.05. The van der Waals surface area contributed by atoms with Gasteiger partial charge in [0.25, 0.3) is 0 Å². The first-order valence-electron chi connectivity index (χ1n) is 6.27. The topological polar surface area (TPSA) is 75.5 Å². The Balaban J connectivity index is 1.84. The minimum atomic E-state index is -0.987. The van der Waals surface area contributed by atoms with E-state index in [0.29, 0.717) is 21.7 Å². The van der Waals surface area contributed by atoms with Crippen molar-refractivity contribution in [3.63, 3.8) is 0 Å². The SMILES string of the molecule is COc1ccc(CSc2c(C(=O)O)[nH]c3ccoc23)cc1. The van der Waals surface area contributed by atoms with Crippen molar-refractivity contribution >= 4 is 28.8 Å². The lowest BCUT2D eigenvalue weighted by atomic mass is 10.2. The summed E-state index contributed by atoms with van der Waals surface area (Å²) in [5.41, 5.74) is 2.54. The Morgan fingerprint density at radius 1 is 1.33 bits per heavy atom. The number of hydrogen-bond acceptors (Lipinski definition) is 4. The second-order valence-corrected chi connectivity index (χ2v) is 5.42. The van der Waals surface area contributed by atoms with E-state index in [2.05, 4.69) is 4.98 Å². The van der Waals surface area contributed by atoms with E-state index in [9.17, 15) is 9.90 Å². The number of ether oxygens (including phenoxy) is 1. The molecule has 2 N–H and O–H groups in total. The predicted molar refractivity (Wildman–Crippen MR) is 80.1 cm³/mol. The number of rotatable bonds is 5. The summed E-state index contributed by atoms with van der Waals surface area (Å²) >= 11 is 1.44. The number of H-pyrrole nitrogens is 1. The van der Waals surface area contributed by atoms with Crippen LogP contribution >= 0.6 is 11.8 Å². The highest BCUT2D eigenvalue weighted by Crippen LogP contribution is 2.34. The summed E-state index contributed by atoms with van der Waals surface area (Å²) in [6.07, 6.45) is 1.55. The summed E-state index contributed by atoms with van der Waals surface area (Å²) in [7, 11) is 1.62. The van der Waals surface area contributed by atoms with Crippen LogP contribution in [-0.4, -0.2) is 23.2 Å². The largest absolute Gasteiger partial charge is 0.497 e. The molecule has 0 fully saturated rings. The number of fused-ring (bicyclic) bond motifs is 1. The van der Waals surface area contributed by atoms with Gasteiger partial charge in [-0.15, -0.1) is 11.8 Å². The highest BCUT2D eigenvalue weighted by atomic mass is 32.2. The Hall–Kier alpha value is -2.34. The smallest absolute Gasteiger partial charge is 0.353 e. The van der Waals surface area contributed by atoms with Gasteiger partial charge in [-0.1, -0.05) is 12.1 Å². The van der Waals surface area contributed by atoms with E-state index in [-0.39, 0.29) is 5.69 Å². The first-order valence-corrected chi connectivity index (χ1v) is 7.26. The number of carbonyl (C=O) groups is 1. The molecule has 0 spiro atoms. The molecule has 0 aliphatic carbocycles. The summed E-state index contributed by atoms with van der Waals surface area (Å²) in [6, 6.07) is 9.40. The lowest BCUT2D eigenvalue weighted by Gasteiger charge is -2.03. The maximum atomic E-state index is 11.3. The Morgan fingerprint density at radius 2 is 2.10 bits per heavy atom. The van der Waals surface area contributed by atoms with Crippen LogP contribution in [0.4, 0.5) is 0 Å². The maximum Gasteiger partial charge on any atom is 0.353 e. The van der Waals surface area contributed by atoms with Gasteiger partial charge in [0.05, 0.1) is 23.8 Å². The van der Waals surface area contributed by atoms with E-state index >= 15 is 0 Å². The normalized spacial score (nSPS) is 10.9. The molecule has 0 saturated carbocycles. The monoisotopic (exact) mass is 303 g/mol. The Bertz CT molecular complexity index is 773. The fraction of sp³-hybridized carbons (Fsp3) is 0.133. The van der Waals surface area contributed by atoms with Gasteiger partial charge in [0.2, 0.25) is 0 Å². The van der Waals surface area contributed by atoms with Crippen LogP contribution in [0.5, 0.6) is 5.75 Å². The fourth-order valence-corrected chi connectivity index (χ4v) is 3.13. The molecule has 2 aromatic heterocycles. The standard InChI is InChI=1S/C15H13NO4S/c1-19-10-4-2-9(3-5-10)8-21-14-12(15(17)18)16-11-6-7-20-13(11)14/h2-7,16H,8H2,1H3,(H,17,18). The van der Waals surface area contributed by atoms with Crippen molar-refractivity contribution in [1.29, 1.82) is 0 Å². The molecule has 0 aliphatic rings. The van der Waals surface area contributed by atoms with E-state index in [0.717, 1.165) is 11.3 Å². The number of thioether (sulfide) groups is 1. The van der Waals surface area contributed by atoms with E-state index in [1.807, 2.05) is 24.3 Å². The van der Waals surface area contributed by atoms with Gasteiger partial charge in [0.15, 0.2) is 5.58 Å². The number of carboxylic acid groups (broad SMARTS) is 1. The number of hydrogen-bond donors (Lipinski definition) is 2. The van der Waals surface area contributed by atoms with Crippen molar-refractivity contribution in [3.05, 3.63) is 47.9 Å². The number of furan rings is 1. The van der Waals surface area contributed by atoms with E-state index in [4.69, 9.17) is 9.15 Å². The molecular formula is C15H13NO4S. The molecule has 6 heteroatoms. The zero-order valence-electron chi connectivity index (χ0n) is 11.3. The molecule has 0 amide bonds. The van der Waals surface area contributed by atoms with Crippen LogP contribution in [0.15, 0.2) is 45.9 Å². The quantitative estimate of drug-likeness (QED) is 0.702. The van der Waals surface area contributed by atoms with Crippen LogP contribution in [0.1, 0.15) is 16.1 Å². The molecule has 3 rings (SSSR count). The number of benzene rings is 1. The zero-order valence-corrected chi connectivity index (χ0v) is 12.1. The van der Waals surface area contributed by atoms with E-state index in [1.165, 1.54) is 11.8 Å². The van der Waals surface area contributed by atoms with Crippen LogP contribution in [0.2, 0.25) is 0 Å². The lowest BCUT2D eigenvalue weighted by Crippen LogP contribution is -1.98. The molecule has 0 saturated heterocycles. The number of methoxy groups -OCH3 is 1. The van der Waals surface area contributed by atoms with Crippen molar-refractivity contribution < 1.29 is 19.1 Å². The third-order valence-electron chi connectivity index (χ3n) is 3.11. The second-order valence-electron chi connectivity index (χ2n) is 4.43. The van der Waals surface area contributed by atoms with Gasteiger partial charge >= 0.3 is 5.97 Å². The third-order valence-corrected chi connectivity index (χ3v) is 4.27. The number of nitrogens with one attached hydrogen (secondary N) is 1. The molecule has 0 radical (unpaired) electrons. The molecule has 108 valence electrons. The van der Waals surface area contributed by atoms with E-state index in [1.54, 1.807) is 19.4 Å². The van der Waals surface area contributed by atoms with Crippen LogP contribution in [0.25, 0.3) is 11.1 Å². The van der Waals surface area contributed by atoms with Crippen molar-refractivity contribution in [2.75, 3.05) is 7.11 Å². The molecule has 2 heterocycles. The molecule has 1 aromatic carbocycles. The highest BCUT2D eigenvalue weighted by molar-refractivity contribution is 7.98. The average Bonchev–Trinajstić information content (AvgIpc) is 3.06. The summed E-state index contributed by atoms with van der Waals surface area (Å²) in [4.78, 5) is 14.8. The molecule has 0 bridgehead atoms. The Kier molecular flexibility index (Phi) is 3.62. The lowest BCUT2D eigenvalue weighted by molar-refractivity contribution is 0.0687. The Morgan fingerprint density at radius 3 is 2.76 bits per heavy atom. The average molecular weight is 303 g/mol. The van der Waals surface area contributed by atoms with Crippen molar-refractivity contribution in [1.82, 2.24) is 4.98 Å². The molecule has 0 aliphatic heterocycles. The molecular weight excluding hydrogens is 290 g/mol. The molecule has 21 heavy (non-hydrogen) atoms. The number of aromatic carboxylic acids is 1. The summed E-state index contributed by atoms with van der Waals surface area (Å²) in [6.45, 7) is 0. The summed E-state index contributed by atoms with van der Waals surface area (Å²) < 4.78 is 10.5. The van der Waals surface area contributed by atoms with Gasteiger partial charge in [-0.05, 0) is 17.7 Å².